The SMILES string of the molecule is Cn1c(=O)c2cn(-c3ccccc3O)cc2n(C)c1=O. The van der Waals surface area contributed by atoms with Crippen LogP contribution < -0.4 is 11.2 Å². The van der Waals surface area contributed by atoms with Gasteiger partial charge in [0.05, 0.1) is 16.6 Å². The standard InChI is InChI=1S/C14H13N3O3/c1-15-11-8-17(10-5-3-4-6-12(10)18)7-9(11)13(19)16(2)14(15)20/h3-8,18H,1-2H3. The quantitative estimate of drug-likeness (QED) is 0.709. The van der Waals surface area contributed by atoms with Crippen molar-refractivity contribution in [1.82, 2.24) is 13.7 Å². The highest BCUT2D eigenvalue weighted by atomic mass is 16.3. The minimum atomic E-state index is -0.377. The third-order valence-corrected chi connectivity index (χ3v) is 3.44. The molecule has 2 aromatic heterocycles. The summed E-state index contributed by atoms with van der Waals surface area (Å²) < 4.78 is 4.12. The van der Waals surface area contributed by atoms with E-state index in [1.807, 2.05) is 0 Å². The predicted molar refractivity (Wildman–Crippen MR) is 75.4 cm³/mol. The first-order valence-corrected chi connectivity index (χ1v) is 6.07. The first-order chi connectivity index (χ1) is 9.50. The van der Waals surface area contributed by atoms with E-state index >= 15 is 0 Å². The second-order valence-corrected chi connectivity index (χ2v) is 4.66. The van der Waals surface area contributed by atoms with Crippen molar-refractivity contribution in [3.63, 3.8) is 0 Å². The van der Waals surface area contributed by atoms with E-state index in [9.17, 15) is 14.7 Å². The van der Waals surface area contributed by atoms with Crippen molar-refractivity contribution in [2.24, 2.45) is 14.1 Å². The third kappa shape index (κ3) is 1.58. The number of aryl methyl sites for hydroxylation is 1. The van der Waals surface area contributed by atoms with Gasteiger partial charge in [0.2, 0.25) is 0 Å². The molecule has 0 fully saturated rings. The first kappa shape index (κ1) is 12.3. The van der Waals surface area contributed by atoms with Crippen LogP contribution in [0.2, 0.25) is 0 Å². The fourth-order valence-corrected chi connectivity index (χ4v) is 2.29. The van der Waals surface area contributed by atoms with Gasteiger partial charge in [-0.1, -0.05) is 12.1 Å². The van der Waals surface area contributed by atoms with E-state index in [2.05, 4.69) is 0 Å². The molecule has 0 saturated heterocycles. The monoisotopic (exact) mass is 271 g/mol. The lowest BCUT2D eigenvalue weighted by Crippen LogP contribution is -2.36. The van der Waals surface area contributed by atoms with Gasteiger partial charge >= 0.3 is 5.69 Å². The summed E-state index contributed by atoms with van der Waals surface area (Å²) in [6.45, 7) is 0. The highest BCUT2D eigenvalue weighted by molar-refractivity contribution is 5.78. The van der Waals surface area contributed by atoms with Crippen molar-refractivity contribution in [1.29, 1.82) is 0 Å². The van der Waals surface area contributed by atoms with Crippen molar-refractivity contribution in [3.8, 4) is 11.4 Å². The van der Waals surface area contributed by atoms with Crippen molar-refractivity contribution in [2.75, 3.05) is 0 Å². The number of aromatic hydroxyl groups is 1. The molecule has 0 aliphatic heterocycles. The average Bonchev–Trinajstić information content (AvgIpc) is 2.88. The van der Waals surface area contributed by atoms with Gasteiger partial charge in [-0.25, -0.2) is 4.79 Å². The van der Waals surface area contributed by atoms with Gasteiger partial charge in [-0.05, 0) is 12.1 Å². The maximum absolute atomic E-state index is 12.1. The second-order valence-electron chi connectivity index (χ2n) is 4.66. The number of para-hydroxylation sites is 2. The largest absolute Gasteiger partial charge is 0.506 e. The molecule has 6 heteroatoms. The molecule has 3 aromatic rings. The predicted octanol–water partition coefficient (Wildman–Crippen LogP) is 0.733. The minimum absolute atomic E-state index is 0.106. The molecule has 0 radical (unpaired) electrons. The summed E-state index contributed by atoms with van der Waals surface area (Å²) in [5, 5.41) is 10.3. The van der Waals surface area contributed by atoms with Crippen LogP contribution in [0.25, 0.3) is 16.6 Å². The highest BCUT2D eigenvalue weighted by Gasteiger charge is 2.12. The topological polar surface area (TPSA) is 69.2 Å². The van der Waals surface area contributed by atoms with Crippen LogP contribution in [0.3, 0.4) is 0 Å². The summed E-state index contributed by atoms with van der Waals surface area (Å²) >= 11 is 0. The van der Waals surface area contributed by atoms with E-state index in [1.165, 1.54) is 11.6 Å². The number of phenolic OH excluding ortho intramolecular Hbond substituents is 1. The lowest BCUT2D eigenvalue weighted by Gasteiger charge is -2.04. The molecular formula is C14H13N3O3. The molecule has 102 valence electrons. The number of aromatic nitrogens is 3. The van der Waals surface area contributed by atoms with Crippen molar-refractivity contribution in [3.05, 3.63) is 57.5 Å². The molecule has 0 amide bonds. The van der Waals surface area contributed by atoms with E-state index in [0.717, 1.165) is 4.57 Å². The molecule has 6 nitrogen and oxygen atoms in total. The van der Waals surface area contributed by atoms with Crippen LogP contribution >= 0.6 is 0 Å². The van der Waals surface area contributed by atoms with Gasteiger partial charge in [-0.3, -0.25) is 13.9 Å². The molecule has 1 N–H and O–H groups in total. The molecule has 0 saturated carbocycles. The average molecular weight is 271 g/mol. The van der Waals surface area contributed by atoms with E-state index < -0.39 is 0 Å². The summed E-state index contributed by atoms with van der Waals surface area (Å²) in [7, 11) is 3.06. The molecule has 0 unspecified atom stereocenters. The number of rotatable bonds is 1. The zero-order valence-electron chi connectivity index (χ0n) is 11.1. The Morgan fingerprint density at radius 1 is 1.00 bits per heavy atom. The van der Waals surface area contributed by atoms with Crippen molar-refractivity contribution >= 4 is 10.9 Å². The zero-order chi connectivity index (χ0) is 14.4. The molecule has 0 atom stereocenters. The lowest BCUT2D eigenvalue weighted by molar-refractivity contribution is 0.472. The summed E-state index contributed by atoms with van der Waals surface area (Å²) in [4.78, 5) is 24.0. The van der Waals surface area contributed by atoms with E-state index in [0.29, 0.717) is 16.6 Å². The van der Waals surface area contributed by atoms with Crippen LogP contribution in [0.1, 0.15) is 0 Å². The van der Waals surface area contributed by atoms with Crippen LogP contribution in [0.15, 0.2) is 46.2 Å². The molecule has 2 heterocycles. The van der Waals surface area contributed by atoms with Gasteiger partial charge < -0.3 is 9.67 Å². The molecule has 0 aliphatic carbocycles. The summed E-state index contributed by atoms with van der Waals surface area (Å²) in [5.74, 6) is 0.106. The Bertz CT molecular complexity index is 931. The Kier molecular flexibility index (Phi) is 2.53. The fraction of sp³-hybridized carbons (Fsp3) is 0.143. The Labute approximate surface area is 113 Å². The van der Waals surface area contributed by atoms with Gasteiger partial charge in [-0.2, -0.15) is 0 Å². The number of hydrogen-bond donors (Lipinski definition) is 1. The van der Waals surface area contributed by atoms with Crippen LogP contribution in [0, 0.1) is 0 Å². The van der Waals surface area contributed by atoms with Crippen molar-refractivity contribution in [2.45, 2.75) is 0 Å². The number of phenols is 1. The number of hydrogen-bond acceptors (Lipinski definition) is 3. The highest BCUT2D eigenvalue weighted by Crippen LogP contribution is 2.22. The lowest BCUT2D eigenvalue weighted by atomic mass is 10.3. The first-order valence-electron chi connectivity index (χ1n) is 6.07. The van der Waals surface area contributed by atoms with E-state index in [1.54, 1.807) is 48.3 Å². The van der Waals surface area contributed by atoms with Gasteiger partial charge in [0.25, 0.3) is 5.56 Å². The Morgan fingerprint density at radius 2 is 1.70 bits per heavy atom. The summed E-state index contributed by atoms with van der Waals surface area (Å²) in [5.41, 5.74) is 0.356. The van der Waals surface area contributed by atoms with Gasteiger partial charge in [-0.15, -0.1) is 0 Å². The van der Waals surface area contributed by atoms with Gasteiger partial charge in [0.15, 0.2) is 0 Å². The van der Waals surface area contributed by atoms with Crippen LogP contribution in [-0.4, -0.2) is 18.8 Å². The van der Waals surface area contributed by atoms with Crippen LogP contribution in [0.4, 0.5) is 0 Å². The fourth-order valence-electron chi connectivity index (χ4n) is 2.29. The Morgan fingerprint density at radius 3 is 2.40 bits per heavy atom. The smallest absolute Gasteiger partial charge is 0.330 e. The van der Waals surface area contributed by atoms with Crippen molar-refractivity contribution < 1.29 is 5.11 Å². The number of fused-ring (bicyclic) bond motifs is 1. The third-order valence-electron chi connectivity index (χ3n) is 3.44. The van der Waals surface area contributed by atoms with E-state index in [4.69, 9.17) is 0 Å². The molecular weight excluding hydrogens is 258 g/mol. The molecule has 1 aromatic carbocycles. The zero-order valence-corrected chi connectivity index (χ0v) is 11.1. The minimum Gasteiger partial charge on any atom is -0.506 e. The second kappa shape index (κ2) is 4.12. The Balaban J connectivity index is 2.41. The van der Waals surface area contributed by atoms with E-state index in [-0.39, 0.29) is 17.0 Å². The van der Waals surface area contributed by atoms with Crippen LogP contribution in [-0.2, 0) is 14.1 Å². The van der Waals surface area contributed by atoms with Gasteiger partial charge in [0, 0.05) is 26.5 Å². The maximum atomic E-state index is 12.1. The Hall–Kier alpha value is -2.76. The van der Waals surface area contributed by atoms with Gasteiger partial charge in [0.1, 0.15) is 5.75 Å². The maximum Gasteiger partial charge on any atom is 0.330 e. The molecule has 3 rings (SSSR count). The summed E-state index contributed by atoms with van der Waals surface area (Å²) in [6.07, 6.45) is 3.28. The number of nitrogens with zero attached hydrogens (tertiary/aromatic N) is 3. The van der Waals surface area contributed by atoms with Crippen LogP contribution in [0.5, 0.6) is 5.75 Å². The molecule has 0 spiro atoms. The summed E-state index contributed by atoms with van der Waals surface area (Å²) in [6, 6.07) is 6.81. The molecule has 0 aliphatic rings. The number of benzene rings is 1. The molecule has 20 heavy (non-hydrogen) atoms. The molecule has 0 bridgehead atoms. The normalized spacial score (nSPS) is 11.1.